The van der Waals surface area contributed by atoms with Gasteiger partial charge in [0.25, 0.3) is 0 Å². The summed E-state index contributed by atoms with van der Waals surface area (Å²) in [6.07, 6.45) is 2.46. The Kier molecular flexibility index (Phi) is 6.26. The molecule has 0 spiro atoms. The minimum atomic E-state index is 0.0287. The minimum absolute atomic E-state index is 0.0287. The molecule has 130 valence electrons. The number of aliphatic hydroxyl groups excluding tert-OH is 1. The normalized spacial score (nSPS) is 10.8. The Hall–Kier alpha value is -1.66. The molecule has 4 nitrogen and oxygen atoms in total. The van der Waals surface area contributed by atoms with Crippen LogP contribution in [0, 0.1) is 0 Å². The lowest BCUT2D eigenvalue weighted by molar-refractivity contribution is 0.301. The summed E-state index contributed by atoms with van der Waals surface area (Å²) in [6, 6.07) is 11.4. The molecule has 25 heavy (non-hydrogen) atoms. The van der Waals surface area contributed by atoms with Gasteiger partial charge < -0.3 is 10.0 Å². The van der Waals surface area contributed by atoms with Crippen LogP contribution >= 0.6 is 34.5 Å². The molecule has 0 fully saturated rings. The van der Waals surface area contributed by atoms with Crippen molar-refractivity contribution in [3.05, 3.63) is 63.6 Å². The second-order valence-electron chi connectivity index (χ2n) is 5.42. The highest BCUT2D eigenvalue weighted by Crippen LogP contribution is 2.25. The summed E-state index contributed by atoms with van der Waals surface area (Å²) in [6.45, 7) is 1.13. The second-order valence-corrected chi connectivity index (χ2v) is 7.21. The molecule has 3 aromatic rings. The van der Waals surface area contributed by atoms with Crippen molar-refractivity contribution < 1.29 is 5.11 Å². The molecular formula is C18H17Cl2N3OS. The van der Waals surface area contributed by atoms with Gasteiger partial charge in [-0.3, -0.25) is 0 Å². The van der Waals surface area contributed by atoms with Crippen LogP contribution in [0.3, 0.4) is 0 Å². The smallest absolute Gasteiger partial charge is 0.225 e. The van der Waals surface area contributed by atoms with Gasteiger partial charge >= 0.3 is 0 Å². The van der Waals surface area contributed by atoms with Gasteiger partial charge in [-0.1, -0.05) is 35.3 Å². The number of halogens is 2. The maximum absolute atomic E-state index is 9.40. The Morgan fingerprint density at radius 2 is 2.00 bits per heavy atom. The summed E-state index contributed by atoms with van der Waals surface area (Å²) in [5, 5.41) is 12.7. The molecule has 7 heteroatoms. The van der Waals surface area contributed by atoms with E-state index in [0.717, 1.165) is 16.1 Å². The topological polar surface area (TPSA) is 49.2 Å². The van der Waals surface area contributed by atoms with Crippen LogP contribution in [0.25, 0.3) is 10.6 Å². The van der Waals surface area contributed by atoms with Crippen LogP contribution in [0.2, 0.25) is 10.0 Å². The molecule has 0 bridgehead atoms. The quantitative estimate of drug-likeness (QED) is 0.639. The Bertz CT molecular complexity index is 827. The van der Waals surface area contributed by atoms with E-state index in [1.165, 1.54) is 0 Å². The van der Waals surface area contributed by atoms with Crippen LogP contribution in [-0.2, 0) is 6.42 Å². The number of aromatic nitrogens is 2. The Morgan fingerprint density at radius 1 is 1.12 bits per heavy atom. The van der Waals surface area contributed by atoms with Crippen molar-refractivity contribution in [3.8, 4) is 10.6 Å². The summed E-state index contributed by atoms with van der Waals surface area (Å²) in [5.74, 6) is 0.602. The van der Waals surface area contributed by atoms with Crippen molar-refractivity contribution in [3.63, 3.8) is 0 Å². The molecule has 2 heterocycles. The maximum atomic E-state index is 9.40. The highest BCUT2D eigenvalue weighted by Gasteiger charge is 2.12. The average Bonchev–Trinajstić information content (AvgIpc) is 3.15. The SMILES string of the molecule is OCCN(CCc1ccc(Cl)cc1Cl)c1nccc(-c2cccs2)n1. The summed E-state index contributed by atoms with van der Waals surface area (Å²) >= 11 is 13.8. The first kappa shape index (κ1) is 18.1. The molecular weight excluding hydrogens is 377 g/mol. The number of hydrogen-bond acceptors (Lipinski definition) is 5. The molecule has 0 radical (unpaired) electrons. The van der Waals surface area contributed by atoms with E-state index in [-0.39, 0.29) is 6.61 Å². The summed E-state index contributed by atoms with van der Waals surface area (Å²) < 4.78 is 0. The van der Waals surface area contributed by atoms with Gasteiger partial charge in [0.2, 0.25) is 5.95 Å². The van der Waals surface area contributed by atoms with Crippen LogP contribution in [0.1, 0.15) is 5.56 Å². The molecule has 3 rings (SSSR count). The van der Waals surface area contributed by atoms with Crippen molar-refractivity contribution in [2.75, 3.05) is 24.6 Å². The van der Waals surface area contributed by atoms with E-state index in [2.05, 4.69) is 9.97 Å². The number of anilines is 1. The number of nitrogens with zero attached hydrogens (tertiary/aromatic N) is 3. The van der Waals surface area contributed by atoms with Gasteiger partial charge in [0.15, 0.2) is 0 Å². The molecule has 1 N–H and O–H groups in total. The lowest BCUT2D eigenvalue weighted by atomic mass is 10.1. The molecule has 0 atom stereocenters. The molecule has 0 unspecified atom stereocenters. The van der Waals surface area contributed by atoms with Crippen molar-refractivity contribution in [2.24, 2.45) is 0 Å². The number of aliphatic hydroxyl groups is 1. The number of hydrogen-bond donors (Lipinski definition) is 1. The largest absolute Gasteiger partial charge is 0.395 e. The molecule has 0 aliphatic carbocycles. The first-order chi connectivity index (χ1) is 12.2. The molecule has 1 aromatic carbocycles. The molecule has 0 aliphatic rings. The Labute approximate surface area is 160 Å². The van der Waals surface area contributed by atoms with Gasteiger partial charge in [0.1, 0.15) is 0 Å². The second kappa shape index (κ2) is 8.63. The van der Waals surface area contributed by atoms with Crippen LogP contribution in [0.4, 0.5) is 5.95 Å². The zero-order valence-electron chi connectivity index (χ0n) is 13.4. The van der Waals surface area contributed by atoms with Crippen LogP contribution in [0.5, 0.6) is 0 Å². The third kappa shape index (κ3) is 4.70. The molecule has 0 saturated heterocycles. The Morgan fingerprint density at radius 3 is 2.72 bits per heavy atom. The van der Waals surface area contributed by atoms with Crippen LogP contribution in [0.15, 0.2) is 48.0 Å². The Balaban J connectivity index is 1.78. The predicted molar refractivity (Wildman–Crippen MR) is 105 cm³/mol. The fourth-order valence-corrected chi connectivity index (χ4v) is 3.67. The van der Waals surface area contributed by atoms with Gasteiger partial charge in [-0.2, -0.15) is 0 Å². The zero-order valence-corrected chi connectivity index (χ0v) is 15.7. The molecule has 0 saturated carbocycles. The van der Waals surface area contributed by atoms with Gasteiger partial charge in [0, 0.05) is 29.3 Å². The lowest BCUT2D eigenvalue weighted by Crippen LogP contribution is -2.30. The zero-order chi connectivity index (χ0) is 17.6. The standard InChI is InChI=1S/C18H17Cl2N3OS/c19-14-4-3-13(15(20)12-14)6-8-23(9-10-24)18-21-7-5-16(22-18)17-2-1-11-25-17/h1-5,7,11-12,24H,6,8-10H2. The van der Waals surface area contributed by atoms with E-state index in [0.29, 0.717) is 35.5 Å². The minimum Gasteiger partial charge on any atom is -0.395 e. The van der Waals surface area contributed by atoms with Crippen LogP contribution in [-0.4, -0.2) is 34.8 Å². The summed E-state index contributed by atoms with van der Waals surface area (Å²) in [5.41, 5.74) is 1.89. The van der Waals surface area contributed by atoms with Gasteiger partial charge in [-0.05, 0) is 41.6 Å². The number of rotatable bonds is 7. The highest BCUT2D eigenvalue weighted by atomic mass is 35.5. The predicted octanol–water partition coefficient (Wildman–Crippen LogP) is 4.55. The van der Waals surface area contributed by atoms with E-state index in [4.69, 9.17) is 23.2 Å². The highest BCUT2D eigenvalue weighted by molar-refractivity contribution is 7.13. The third-order valence-electron chi connectivity index (χ3n) is 3.74. The number of benzene rings is 1. The van der Waals surface area contributed by atoms with Gasteiger partial charge in [0.05, 0.1) is 17.2 Å². The summed E-state index contributed by atoms with van der Waals surface area (Å²) in [7, 11) is 0. The fraction of sp³-hybridized carbons (Fsp3) is 0.222. The molecule has 2 aromatic heterocycles. The first-order valence-electron chi connectivity index (χ1n) is 7.84. The van der Waals surface area contributed by atoms with E-state index < -0.39 is 0 Å². The number of thiophene rings is 1. The van der Waals surface area contributed by atoms with Crippen molar-refractivity contribution in [1.29, 1.82) is 0 Å². The van der Waals surface area contributed by atoms with Crippen molar-refractivity contribution >= 4 is 40.5 Å². The van der Waals surface area contributed by atoms with E-state index in [1.807, 2.05) is 40.6 Å². The van der Waals surface area contributed by atoms with Crippen LogP contribution < -0.4 is 4.90 Å². The molecule has 0 amide bonds. The lowest BCUT2D eigenvalue weighted by Gasteiger charge is -2.22. The summed E-state index contributed by atoms with van der Waals surface area (Å²) in [4.78, 5) is 12.1. The van der Waals surface area contributed by atoms with Crippen molar-refractivity contribution in [2.45, 2.75) is 6.42 Å². The maximum Gasteiger partial charge on any atom is 0.225 e. The van der Waals surface area contributed by atoms with Crippen molar-refractivity contribution in [1.82, 2.24) is 9.97 Å². The van der Waals surface area contributed by atoms with E-state index in [1.54, 1.807) is 23.6 Å². The fourth-order valence-electron chi connectivity index (χ4n) is 2.47. The van der Waals surface area contributed by atoms with E-state index in [9.17, 15) is 5.11 Å². The van der Waals surface area contributed by atoms with E-state index >= 15 is 0 Å². The average molecular weight is 394 g/mol. The van der Waals surface area contributed by atoms with Gasteiger partial charge in [-0.25, -0.2) is 9.97 Å². The monoisotopic (exact) mass is 393 g/mol. The first-order valence-corrected chi connectivity index (χ1v) is 9.47. The molecule has 0 aliphatic heterocycles. The van der Waals surface area contributed by atoms with Gasteiger partial charge in [-0.15, -0.1) is 11.3 Å². The third-order valence-corrected chi connectivity index (χ3v) is 5.21.